The van der Waals surface area contributed by atoms with Gasteiger partial charge in [0.2, 0.25) is 0 Å². The summed E-state index contributed by atoms with van der Waals surface area (Å²) >= 11 is 0. The van der Waals surface area contributed by atoms with E-state index in [9.17, 15) is 9.90 Å². The van der Waals surface area contributed by atoms with Gasteiger partial charge in [-0.15, -0.1) is 0 Å². The Morgan fingerprint density at radius 1 is 1.53 bits per heavy atom. The molecule has 0 bridgehead atoms. The van der Waals surface area contributed by atoms with Crippen LogP contribution >= 0.6 is 0 Å². The van der Waals surface area contributed by atoms with E-state index in [0.29, 0.717) is 11.5 Å². The van der Waals surface area contributed by atoms with E-state index < -0.39 is 12.1 Å². The Hall–Kier alpha value is -0.830. The van der Waals surface area contributed by atoms with Gasteiger partial charge in [-0.25, -0.2) is 4.79 Å². The molecule has 0 aromatic rings. The molecule has 0 aromatic carbocycles. The topological polar surface area (TPSA) is 46.5 Å². The maximum absolute atomic E-state index is 11.3. The van der Waals surface area contributed by atoms with Crippen LogP contribution in [0.25, 0.3) is 0 Å². The van der Waals surface area contributed by atoms with Crippen molar-refractivity contribution in [1.29, 1.82) is 0 Å². The molecule has 1 fully saturated rings. The highest BCUT2D eigenvalue weighted by Crippen LogP contribution is 2.29. The maximum Gasteiger partial charge on any atom is 0.333 e. The fourth-order valence-corrected chi connectivity index (χ4v) is 1.93. The first kappa shape index (κ1) is 12.2. The van der Waals surface area contributed by atoms with Gasteiger partial charge in [0.1, 0.15) is 6.10 Å². The monoisotopic (exact) mass is 212 g/mol. The zero-order chi connectivity index (χ0) is 11.4. The molecule has 0 heterocycles. The summed E-state index contributed by atoms with van der Waals surface area (Å²) in [6, 6.07) is 0. The second-order valence-corrected chi connectivity index (χ2v) is 4.38. The Bertz CT molecular complexity index is 247. The van der Waals surface area contributed by atoms with E-state index in [0.717, 1.165) is 25.7 Å². The van der Waals surface area contributed by atoms with Crippen LogP contribution in [0.5, 0.6) is 0 Å². The van der Waals surface area contributed by atoms with Crippen molar-refractivity contribution in [3.8, 4) is 0 Å². The predicted molar refractivity (Wildman–Crippen MR) is 58.3 cm³/mol. The molecule has 0 radical (unpaired) electrons. The lowest BCUT2D eigenvalue weighted by atomic mass is 9.84. The molecule has 86 valence electrons. The van der Waals surface area contributed by atoms with Gasteiger partial charge in [-0.05, 0) is 32.1 Å². The Kier molecular flexibility index (Phi) is 4.33. The van der Waals surface area contributed by atoms with Crippen LogP contribution in [-0.4, -0.2) is 23.3 Å². The van der Waals surface area contributed by atoms with E-state index in [1.165, 1.54) is 0 Å². The third kappa shape index (κ3) is 3.34. The van der Waals surface area contributed by atoms with Crippen LogP contribution in [0.15, 0.2) is 12.2 Å². The lowest BCUT2D eigenvalue weighted by molar-refractivity contribution is -0.154. The van der Waals surface area contributed by atoms with Gasteiger partial charge < -0.3 is 9.84 Å². The van der Waals surface area contributed by atoms with Crippen molar-refractivity contribution in [1.82, 2.24) is 0 Å². The Morgan fingerprint density at radius 2 is 2.20 bits per heavy atom. The summed E-state index contributed by atoms with van der Waals surface area (Å²) in [5, 5.41) is 9.71. The summed E-state index contributed by atoms with van der Waals surface area (Å²) < 4.78 is 5.21. The van der Waals surface area contributed by atoms with Crippen molar-refractivity contribution in [2.75, 3.05) is 0 Å². The Labute approximate surface area is 91.1 Å². The molecule has 1 saturated carbocycles. The summed E-state index contributed by atoms with van der Waals surface area (Å²) in [7, 11) is 0. The molecular formula is C12H20O3. The highest BCUT2D eigenvalue weighted by atomic mass is 16.6. The minimum Gasteiger partial charge on any atom is -0.456 e. The number of esters is 1. The number of aliphatic hydroxyl groups is 1. The van der Waals surface area contributed by atoms with Crippen molar-refractivity contribution in [2.45, 2.75) is 51.7 Å². The highest BCUT2D eigenvalue weighted by Gasteiger charge is 2.31. The number of hydrogen-bond donors (Lipinski definition) is 1. The smallest absolute Gasteiger partial charge is 0.333 e. The van der Waals surface area contributed by atoms with Crippen molar-refractivity contribution in [2.24, 2.45) is 5.92 Å². The fourth-order valence-electron chi connectivity index (χ4n) is 1.93. The normalized spacial score (nSPS) is 31.0. The fraction of sp³-hybridized carbons (Fsp3) is 0.750. The van der Waals surface area contributed by atoms with Gasteiger partial charge in [-0.1, -0.05) is 19.9 Å². The molecule has 3 atom stereocenters. The largest absolute Gasteiger partial charge is 0.456 e. The lowest BCUT2D eigenvalue weighted by Gasteiger charge is -2.32. The number of aliphatic hydroxyl groups excluding tert-OH is 1. The molecule has 3 nitrogen and oxygen atoms in total. The molecular weight excluding hydrogens is 192 g/mol. The molecule has 3 heteroatoms. The molecule has 1 aliphatic carbocycles. The van der Waals surface area contributed by atoms with Crippen LogP contribution in [0.3, 0.4) is 0 Å². The molecule has 0 saturated heterocycles. The number of rotatable bonds is 3. The first-order chi connectivity index (χ1) is 7.04. The Morgan fingerprint density at radius 3 is 2.73 bits per heavy atom. The van der Waals surface area contributed by atoms with Crippen molar-refractivity contribution >= 4 is 5.97 Å². The molecule has 1 rings (SSSR count). The van der Waals surface area contributed by atoms with Crippen molar-refractivity contribution in [3.63, 3.8) is 0 Å². The SMILES string of the molecule is C=C(C)C(=O)OC1CC(CC)CCC1O. The first-order valence-corrected chi connectivity index (χ1v) is 5.59. The molecule has 1 aliphatic rings. The molecule has 3 unspecified atom stereocenters. The summed E-state index contributed by atoms with van der Waals surface area (Å²) in [5.74, 6) is 0.173. The van der Waals surface area contributed by atoms with Crippen LogP contribution in [0.2, 0.25) is 0 Å². The summed E-state index contributed by atoms with van der Waals surface area (Å²) in [6.45, 7) is 7.27. The van der Waals surface area contributed by atoms with Crippen LogP contribution in [-0.2, 0) is 9.53 Å². The van der Waals surface area contributed by atoms with Crippen LogP contribution in [0, 0.1) is 5.92 Å². The van der Waals surface area contributed by atoms with Crippen molar-refractivity contribution < 1.29 is 14.6 Å². The standard InChI is InChI=1S/C12H20O3/c1-4-9-5-6-10(13)11(7-9)15-12(14)8(2)3/h9-11,13H,2,4-7H2,1,3H3. The van der Waals surface area contributed by atoms with E-state index in [-0.39, 0.29) is 6.10 Å². The number of carbonyl (C=O) groups is 1. The van der Waals surface area contributed by atoms with Gasteiger partial charge >= 0.3 is 5.97 Å². The minimum absolute atomic E-state index is 0.340. The highest BCUT2D eigenvalue weighted by molar-refractivity contribution is 5.87. The van der Waals surface area contributed by atoms with Gasteiger partial charge in [0, 0.05) is 5.57 Å². The molecule has 1 N–H and O–H groups in total. The molecule has 0 aliphatic heterocycles. The molecule has 15 heavy (non-hydrogen) atoms. The van der Waals surface area contributed by atoms with Crippen LogP contribution < -0.4 is 0 Å². The lowest BCUT2D eigenvalue weighted by Crippen LogP contribution is -2.37. The number of hydrogen-bond acceptors (Lipinski definition) is 3. The third-order valence-corrected chi connectivity index (χ3v) is 3.05. The Balaban J connectivity index is 2.51. The van der Waals surface area contributed by atoms with Crippen molar-refractivity contribution in [3.05, 3.63) is 12.2 Å². The predicted octanol–water partition coefficient (Wildman–Crippen LogP) is 2.05. The van der Waals surface area contributed by atoms with Crippen LogP contribution in [0.1, 0.15) is 39.5 Å². The van der Waals surface area contributed by atoms with E-state index in [2.05, 4.69) is 13.5 Å². The van der Waals surface area contributed by atoms with Crippen LogP contribution in [0.4, 0.5) is 0 Å². The van der Waals surface area contributed by atoms with E-state index >= 15 is 0 Å². The average Bonchev–Trinajstić information content (AvgIpc) is 2.21. The van der Waals surface area contributed by atoms with Gasteiger partial charge in [0.15, 0.2) is 0 Å². The van der Waals surface area contributed by atoms with E-state index in [1.54, 1.807) is 6.92 Å². The molecule has 0 aromatic heterocycles. The zero-order valence-electron chi connectivity index (χ0n) is 9.53. The van der Waals surface area contributed by atoms with Gasteiger partial charge in [0.05, 0.1) is 6.10 Å². The quantitative estimate of drug-likeness (QED) is 0.575. The van der Waals surface area contributed by atoms with E-state index in [1.807, 2.05) is 0 Å². The van der Waals surface area contributed by atoms with Gasteiger partial charge in [-0.2, -0.15) is 0 Å². The molecule has 0 amide bonds. The summed E-state index contributed by atoms with van der Waals surface area (Å²) in [5.41, 5.74) is 0.390. The second kappa shape index (κ2) is 5.31. The summed E-state index contributed by atoms with van der Waals surface area (Å²) in [6.07, 6.45) is 2.76. The molecule has 0 spiro atoms. The average molecular weight is 212 g/mol. The minimum atomic E-state index is -0.504. The van der Waals surface area contributed by atoms with E-state index in [4.69, 9.17) is 4.74 Å². The third-order valence-electron chi connectivity index (χ3n) is 3.05. The first-order valence-electron chi connectivity index (χ1n) is 5.59. The maximum atomic E-state index is 11.3. The van der Waals surface area contributed by atoms with Gasteiger partial charge in [0.25, 0.3) is 0 Å². The second-order valence-electron chi connectivity index (χ2n) is 4.38. The number of ether oxygens (including phenoxy) is 1. The summed E-state index contributed by atoms with van der Waals surface area (Å²) in [4.78, 5) is 11.3. The number of carbonyl (C=O) groups excluding carboxylic acids is 1. The zero-order valence-corrected chi connectivity index (χ0v) is 9.53. The van der Waals surface area contributed by atoms with Gasteiger partial charge in [-0.3, -0.25) is 0 Å².